The van der Waals surface area contributed by atoms with E-state index < -0.39 is 13.2 Å². The van der Waals surface area contributed by atoms with Crippen molar-refractivity contribution in [3.8, 4) is 0 Å². The summed E-state index contributed by atoms with van der Waals surface area (Å²) in [6, 6.07) is 17.2. The van der Waals surface area contributed by atoms with Crippen LogP contribution in [0, 0.1) is 0 Å². The first kappa shape index (κ1) is 22.3. The Morgan fingerprint density at radius 1 is 1.00 bits per heavy atom. The molecule has 1 unspecified atom stereocenters. The molecule has 1 aliphatic heterocycles. The Bertz CT molecular complexity index is 891. The van der Waals surface area contributed by atoms with Crippen molar-refractivity contribution in [3.63, 3.8) is 0 Å². The van der Waals surface area contributed by atoms with E-state index in [-0.39, 0.29) is 17.2 Å². The lowest BCUT2D eigenvalue weighted by Crippen LogP contribution is -2.41. The molecule has 2 aromatic rings. The Balaban J connectivity index is 1.75. The van der Waals surface area contributed by atoms with Gasteiger partial charge in [0, 0.05) is 12.1 Å². The maximum absolute atomic E-state index is 12.3. The lowest BCUT2D eigenvalue weighted by atomic mass is 9.78. The van der Waals surface area contributed by atoms with Crippen molar-refractivity contribution in [1.29, 1.82) is 0 Å². The molecule has 5 nitrogen and oxygen atoms in total. The van der Waals surface area contributed by atoms with Gasteiger partial charge in [0.15, 0.2) is 6.04 Å². The first-order chi connectivity index (χ1) is 14.1. The standard InChI is InChI=1S/C24H30BNO4/c1-17(19-10-8-7-9-11-19)26-21(22(27)28-6)16-18-12-14-20(15-13-18)25-29-23(2,3)24(4,5)30-25/h7-15,21H,16H2,1-6H3. The molecule has 30 heavy (non-hydrogen) atoms. The summed E-state index contributed by atoms with van der Waals surface area (Å²) < 4.78 is 17.2. The molecule has 1 aliphatic rings. The van der Waals surface area contributed by atoms with E-state index >= 15 is 0 Å². The first-order valence-corrected chi connectivity index (χ1v) is 10.2. The zero-order chi connectivity index (χ0) is 21.9. The number of benzene rings is 2. The molecule has 0 amide bonds. The van der Waals surface area contributed by atoms with Gasteiger partial charge in [-0.3, -0.25) is 4.99 Å². The minimum absolute atomic E-state index is 0.347. The summed E-state index contributed by atoms with van der Waals surface area (Å²) in [5, 5.41) is 0. The Kier molecular flexibility index (Phi) is 6.49. The normalized spacial score (nSPS) is 18.9. The van der Waals surface area contributed by atoms with E-state index in [1.54, 1.807) is 0 Å². The summed E-state index contributed by atoms with van der Waals surface area (Å²) in [4.78, 5) is 17.0. The minimum Gasteiger partial charge on any atom is -0.467 e. The van der Waals surface area contributed by atoms with Gasteiger partial charge in [0.2, 0.25) is 0 Å². The van der Waals surface area contributed by atoms with Crippen LogP contribution in [-0.2, 0) is 25.3 Å². The lowest BCUT2D eigenvalue weighted by molar-refractivity contribution is -0.142. The average molecular weight is 407 g/mol. The fraction of sp³-hybridized carbons (Fsp3) is 0.417. The van der Waals surface area contributed by atoms with Crippen molar-refractivity contribution in [2.45, 2.75) is 58.3 Å². The second-order valence-corrected chi connectivity index (χ2v) is 8.65. The van der Waals surface area contributed by atoms with Crippen LogP contribution in [-0.4, -0.2) is 43.2 Å². The molecule has 158 valence electrons. The summed E-state index contributed by atoms with van der Waals surface area (Å²) in [5.41, 5.74) is 2.99. The Hall–Kier alpha value is -2.44. The minimum atomic E-state index is -0.599. The number of hydrogen-bond donors (Lipinski definition) is 0. The number of rotatable bonds is 6. The third kappa shape index (κ3) is 4.82. The number of carbonyl (C=O) groups is 1. The summed E-state index contributed by atoms with van der Waals surface area (Å²) in [6.07, 6.45) is 0.459. The smallest absolute Gasteiger partial charge is 0.467 e. The van der Waals surface area contributed by atoms with Crippen molar-refractivity contribution in [1.82, 2.24) is 0 Å². The van der Waals surface area contributed by atoms with Crippen molar-refractivity contribution in [2.24, 2.45) is 4.99 Å². The molecule has 1 heterocycles. The third-order valence-corrected chi connectivity index (χ3v) is 5.95. The predicted molar refractivity (Wildman–Crippen MR) is 120 cm³/mol. The molecule has 0 N–H and O–H groups in total. The third-order valence-electron chi connectivity index (χ3n) is 5.95. The number of aliphatic imine (C=N–C) groups is 1. The highest BCUT2D eigenvalue weighted by molar-refractivity contribution is 6.62. The molecule has 0 radical (unpaired) electrons. The van der Waals surface area contributed by atoms with Crippen LogP contribution in [0.1, 0.15) is 45.7 Å². The number of esters is 1. The van der Waals surface area contributed by atoms with E-state index in [4.69, 9.17) is 14.0 Å². The average Bonchev–Trinajstić information content (AvgIpc) is 2.95. The van der Waals surface area contributed by atoms with Crippen LogP contribution in [0.5, 0.6) is 0 Å². The van der Waals surface area contributed by atoms with Gasteiger partial charge in [0.25, 0.3) is 0 Å². The Morgan fingerprint density at radius 2 is 1.57 bits per heavy atom. The molecule has 1 fully saturated rings. The maximum Gasteiger partial charge on any atom is 0.494 e. The summed E-state index contributed by atoms with van der Waals surface area (Å²) in [7, 11) is 0.989. The lowest BCUT2D eigenvalue weighted by Gasteiger charge is -2.32. The van der Waals surface area contributed by atoms with E-state index in [1.165, 1.54) is 7.11 Å². The highest BCUT2D eigenvalue weighted by atomic mass is 16.7. The number of methoxy groups -OCH3 is 1. The van der Waals surface area contributed by atoms with Gasteiger partial charge in [-0.25, -0.2) is 4.79 Å². The van der Waals surface area contributed by atoms with Gasteiger partial charge < -0.3 is 14.0 Å². The predicted octanol–water partition coefficient (Wildman–Crippen LogP) is 3.58. The number of hydrogen-bond acceptors (Lipinski definition) is 5. The first-order valence-electron chi connectivity index (χ1n) is 10.2. The van der Waals surface area contributed by atoms with E-state index in [2.05, 4.69) is 4.99 Å². The van der Waals surface area contributed by atoms with Gasteiger partial charge >= 0.3 is 13.1 Å². The summed E-state index contributed by atoms with van der Waals surface area (Å²) >= 11 is 0. The summed E-state index contributed by atoms with van der Waals surface area (Å²) in [6.45, 7) is 10.1. The molecule has 2 aromatic carbocycles. The van der Waals surface area contributed by atoms with Crippen LogP contribution in [0.4, 0.5) is 0 Å². The quantitative estimate of drug-likeness (QED) is 0.417. The second kappa shape index (κ2) is 8.74. The second-order valence-electron chi connectivity index (χ2n) is 8.65. The van der Waals surface area contributed by atoms with Gasteiger partial charge in [-0.2, -0.15) is 0 Å². The van der Waals surface area contributed by atoms with E-state index in [1.807, 2.05) is 89.2 Å². The van der Waals surface area contributed by atoms with Gasteiger partial charge in [-0.1, -0.05) is 54.6 Å². The molecule has 3 rings (SSSR count). The summed E-state index contributed by atoms with van der Waals surface area (Å²) in [5.74, 6) is -0.347. The van der Waals surface area contributed by atoms with Gasteiger partial charge in [0.05, 0.1) is 18.3 Å². The van der Waals surface area contributed by atoms with Crippen LogP contribution >= 0.6 is 0 Å². The van der Waals surface area contributed by atoms with Crippen LogP contribution in [0.2, 0.25) is 0 Å². The molecular weight excluding hydrogens is 377 g/mol. The number of ether oxygens (including phenoxy) is 1. The largest absolute Gasteiger partial charge is 0.494 e. The zero-order valence-corrected chi connectivity index (χ0v) is 18.6. The molecule has 0 aromatic heterocycles. The Morgan fingerprint density at radius 3 is 2.10 bits per heavy atom. The maximum atomic E-state index is 12.3. The van der Waals surface area contributed by atoms with Gasteiger partial charge in [-0.05, 0) is 51.2 Å². The van der Waals surface area contributed by atoms with Crippen molar-refractivity contribution in [3.05, 3.63) is 65.7 Å². The van der Waals surface area contributed by atoms with Gasteiger partial charge in [-0.15, -0.1) is 0 Å². The van der Waals surface area contributed by atoms with Crippen LogP contribution in [0.15, 0.2) is 59.6 Å². The molecule has 1 atom stereocenters. The van der Waals surface area contributed by atoms with Crippen LogP contribution in [0.25, 0.3) is 0 Å². The monoisotopic (exact) mass is 407 g/mol. The highest BCUT2D eigenvalue weighted by Gasteiger charge is 2.51. The highest BCUT2D eigenvalue weighted by Crippen LogP contribution is 2.36. The van der Waals surface area contributed by atoms with Crippen LogP contribution < -0.4 is 5.46 Å². The fourth-order valence-electron chi connectivity index (χ4n) is 3.32. The topological polar surface area (TPSA) is 57.1 Å². The fourth-order valence-corrected chi connectivity index (χ4v) is 3.32. The van der Waals surface area contributed by atoms with E-state index in [0.29, 0.717) is 6.42 Å². The van der Waals surface area contributed by atoms with Crippen LogP contribution in [0.3, 0.4) is 0 Å². The molecule has 6 heteroatoms. The zero-order valence-electron chi connectivity index (χ0n) is 18.6. The van der Waals surface area contributed by atoms with E-state index in [9.17, 15) is 4.79 Å². The molecule has 0 bridgehead atoms. The molecule has 0 aliphatic carbocycles. The van der Waals surface area contributed by atoms with Crippen molar-refractivity contribution < 1.29 is 18.8 Å². The SMILES string of the molecule is COC(=O)C(Cc1ccc(B2OC(C)(C)C(C)(C)O2)cc1)N=C(C)c1ccccc1. The molecule has 0 saturated carbocycles. The van der Waals surface area contributed by atoms with E-state index in [0.717, 1.165) is 22.3 Å². The van der Waals surface area contributed by atoms with Crippen molar-refractivity contribution in [2.75, 3.05) is 7.11 Å². The number of nitrogens with zero attached hydrogens (tertiary/aromatic N) is 1. The Labute approximate surface area is 179 Å². The number of carbonyl (C=O) groups excluding carboxylic acids is 1. The molecule has 0 spiro atoms. The van der Waals surface area contributed by atoms with Gasteiger partial charge in [0.1, 0.15) is 0 Å². The van der Waals surface area contributed by atoms with Crippen molar-refractivity contribution >= 4 is 24.3 Å². The molecular formula is C24H30BNO4. The molecule has 1 saturated heterocycles.